The summed E-state index contributed by atoms with van der Waals surface area (Å²) >= 11 is 0. The number of aromatic amines is 1. The minimum absolute atomic E-state index is 0.000474. The van der Waals surface area contributed by atoms with Crippen molar-refractivity contribution in [2.75, 3.05) is 25.5 Å². The van der Waals surface area contributed by atoms with E-state index in [0.717, 1.165) is 6.33 Å². The number of aromatic nitrogens is 8. The molecular weight excluding hydrogens is 1150 g/mol. The van der Waals surface area contributed by atoms with E-state index in [2.05, 4.69) is 45.3 Å². The van der Waals surface area contributed by atoms with Crippen LogP contribution in [0.25, 0.3) is 22.3 Å². The van der Waals surface area contributed by atoms with Gasteiger partial charge in [0.15, 0.2) is 47.3 Å². The standard InChI is InChI=1S/C52H62FN12O17PS/c1-27(2)34(18-39(68)80-52(4,5)6)46(70)59-28(3)36(67)16-29-12-14-30(15-13-29)23-77-51(72)63(7)21-31-10-8-9-11-33(31)45(69)61-50-60-44-41(47(71)62-50)57-26-65(44)48-37(17-32(22-66)78-48)82-84(75,76)58-20-38-42(81-83(73)74)40(53)49(79-38)64-25-56-35-19-54-24-55-43(35)64/h8-15,19,24-28,32,34,37-38,40,42,48-49,58,66H,16-18,20-23H2,1-7H3,(H3-,59,60,61,62,69,70,71,73,74)/p+1/t28-,32-,34-,37+,38+,40+,42+,48+,49+/m0/s1. The van der Waals surface area contributed by atoms with Gasteiger partial charge in [-0.25, -0.2) is 33.3 Å². The second-order valence-electron chi connectivity index (χ2n) is 21.3. The Balaban J connectivity index is 0.862. The monoisotopic (exact) mass is 1210 g/mol. The molecule has 0 saturated carbocycles. The zero-order valence-corrected chi connectivity index (χ0v) is 48.2. The van der Waals surface area contributed by atoms with Crippen LogP contribution in [0.15, 0.2) is 78.5 Å². The summed E-state index contributed by atoms with van der Waals surface area (Å²) in [6.45, 7) is 8.85. The summed E-state index contributed by atoms with van der Waals surface area (Å²) in [7, 11) is -6.76. The summed E-state index contributed by atoms with van der Waals surface area (Å²) in [6.07, 6.45) is -6.96. The fraction of sp³-hybridized carbons (Fsp3) is 0.481. The number of esters is 1. The van der Waals surface area contributed by atoms with Crippen LogP contribution >= 0.6 is 8.25 Å². The third-order valence-corrected chi connectivity index (χ3v) is 15.0. The molecule has 4 aromatic heterocycles. The number of amides is 3. The lowest BCUT2D eigenvalue weighted by Crippen LogP contribution is -2.44. The first-order valence-corrected chi connectivity index (χ1v) is 28.9. The number of imidazole rings is 2. The Morgan fingerprint density at radius 3 is 2.38 bits per heavy atom. The normalized spacial score (nSPS) is 20.8. The third kappa shape index (κ3) is 15.4. The lowest BCUT2D eigenvalue weighted by Gasteiger charge is -2.25. The van der Waals surface area contributed by atoms with Crippen molar-refractivity contribution in [1.29, 1.82) is 0 Å². The van der Waals surface area contributed by atoms with E-state index in [1.807, 2.05) is 13.8 Å². The molecule has 2 aliphatic rings. The molecule has 6 N–H and O–H groups in total. The van der Waals surface area contributed by atoms with E-state index in [1.165, 1.54) is 46.0 Å². The number of fused-ring (bicyclic) bond motifs is 2. The van der Waals surface area contributed by atoms with E-state index >= 15 is 4.39 Å². The quantitative estimate of drug-likeness (QED) is 0.0374. The predicted octanol–water partition coefficient (Wildman–Crippen LogP) is 3.37. The number of nitrogens with one attached hydrogen (secondary N) is 4. The first kappa shape index (κ1) is 62.4. The maximum absolute atomic E-state index is 15.9. The van der Waals surface area contributed by atoms with Crippen molar-refractivity contribution < 1.29 is 79.0 Å². The minimum atomic E-state index is -4.84. The summed E-state index contributed by atoms with van der Waals surface area (Å²) in [5.41, 5.74) is 0.162. The van der Waals surface area contributed by atoms with E-state index in [-0.39, 0.29) is 78.0 Å². The number of H-pyrrole nitrogens is 1. The fourth-order valence-corrected chi connectivity index (χ4v) is 10.7. The number of carbonyl (C=O) groups excluding carboxylic acids is 5. The molecular formula is C52H63FN12O17PS+. The lowest BCUT2D eigenvalue weighted by atomic mass is 9.91. The smallest absolute Gasteiger partial charge is 0.460 e. The number of anilines is 1. The summed E-state index contributed by atoms with van der Waals surface area (Å²) < 4.78 is 92.4. The van der Waals surface area contributed by atoms with Gasteiger partial charge < -0.3 is 34.3 Å². The molecule has 6 heterocycles. The van der Waals surface area contributed by atoms with Gasteiger partial charge in [0.25, 0.3) is 11.5 Å². The molecule has 2 fully saturated rings. The van der Waals surface area contributed by atoms with Gasteiger partial charge in [0.2, 0.25) is 11.9 Å². The van der Waals surface area contributed by atoms with Crippen LogP contribution in [-0.2, 0) is 76.5 Å². The molecule has 29 nitrogen and oxygen atoms in total. The topological polar surface area (TPSA) is 379 Å². The molecule has 0 bridgehead atoms. The Labute approximate surface area is 480 Å². The number of rotatable bonds is 24. The Morgan fingerprint density at radius 1 is 0.976 bits per heavy atom. The molecule has 2 saturated heterocycles. The highest BCUT2D eigenvalue weighted by molar-refractivity contribution is 7.84. The molecule has 0 spiro atoms. The van der Waals surface area contributed by atoms with E-state index < -0.39 is 122 Å². The van der Waals surface area contributed by atoms with Crippen molar-refractivity contribution in [3.63, 3.8) is 0 Å². The van der Waals surface area contributed by atoms with Crippen molar-refractivity contribution >= 4 is 76.5 Å². The van der Waals surface area contributed by atoms with Crippen LogP contribution in [0.4, 0.5) is 15.1 Å². The van der Waals surface area contributed by atoms with Gasteiger partial charge >= 0.3 is 30.6 Å². The maximum atomic E-state index is 15.9. The Kier molecular flexibility index (Phi) is 19.7. The molecule has 84 heavy (non-hydrogen) atoms. The molecule has 10 atom stereocenters. The molecule has 8 rings (SSSR count). The zero-order chi connectivity index (χ0) is 60.8. The van der Waals surface area contributed by atoms with Crippen molar-refractivity contribution in [2.24, 2.45) is 11.8 Å². The summed E-state index contributed by atoms with van der Waals surface area (Å²) in [4.78, 5) is 113. The molecule has 32 heteroatoms. The molecule has 450 valence electrons. The van der Waals surface area contributed by atoms with Crippen LogP contribution in [0.5, 0.6) is 0 Å². The molecule has 3 amide bonds. The van der Waals surface area contributed by atoms with Crippen LogP contribution < -0.4 is 20.9 Å². The van der Waals surface area contributed by atoms with Crippen molar-refractivity contribution in [2.45, 2.75) is 129 Å². The van der Waals surface area contributed by atoms with Crippen LogP contribution in [0.3, 0.4) is 0 Å². The number of Topliss-reactive ketones (excluding diaryl/α,β-unsaturated/α-hetero) is 1. The minimum Gasteiger partial charge on any atom is -0.460 e. The number of hydrogen-bond donors (Lipinski definition) is 6. The van der Waals surface area contributed by atoms with Crippen molar-refractivity contribution in [3.05, 3.63) is 106 Å². The number of benzene rings is 2. The average molecular weight is 1210 g/mol. The second kappa shape index (κ2) is 26.5. The molecule has 2 aliphatic heterocycles. The summed E-state index contributed by atoms with van der Waals surface area (Å²) in [5, 5.41) is 15.4. The highest BCUT2D eigenvalue weighted by Crippen LogP contribution is 2.39. The number of aliphatic hydroxyl groups is 1. The van der Waals surface area contributed by atoms with Gasteiger partial charge in [-0.15, -0.1) is 9.42 Å². The zero-order valence-electron chi connectivity index (χ0n) is 46.5. The first-order chi connectivity index (χ1) is 39.8. The first-order valence-electron chi connectivity index (χ1n) is 26.3. The number of halogens is 1. The number of aliphatic hydroxyl groups excluding tert-OH is 1. The van der Waals surface area contributed by atoms with Gasteiger partial charge in [0.1, 0.15) is 36.3 Å². The third-order valence-electron chi connectivity index (χ3n) is 13.5. The lowest BCUT2D eigenvalue weighted by molar-refractivity contribution is -0.158. The van der Waals surface area contributed by atoms with Gasteiger partial charge in [-0.05, 0) is 56.4 Å². The van der Waals surface area contributed by atoms with Gasteiger partial charge in [0.05, 0.1) is 49.9 Å². The van der Waals surface area contributed by atoms with Gasteiger partial charge in [-0.2, -0.15) is 18.1 Å². The van der Waals surface area contributed by atoms with Crippen molar-refractivity contribution in [3.8, 4) is 0 Å². The van der Waals surface area contributed by atoms with E-state index in [9.17, 15) is 51.8 Å². The largest absolute Gasteiger partial charge is 0.695 e. The van der Waals surface area contributed by atoms with Crippen LogP contribution in [0, 0.1) is 11.8 Å². The molecule has 1 unspecified atom stereocenters. The van der Waals surface area contributed by atoms with Crippen molar-refractivity contribution in [1.82, 2.24) is 54.0 Å². The van der Waals surface area contributed by atoms with E-state index in [0.29, 0.717) is 16.7 Å². The number of ether oxygens (including phenoxy) is 4. The molecule has 2 aromatic carbocycles. The molecule has 6 aromatic rings. The van der Waals surface area contributed by atoms with Gasteiger partial charge in [-0.3, -0.25) is 43.4 Å². The van der Waals surface area contributed by atoms with E-state index in [4.69, 9.17) is 27.7 Å². The SMILES string of the molecule is CC(C)[C@H](CC(=O)OC(C)(C)C)C(=O)N[C@@H](C)C(=O)Cc1ccc(COC(=O)N(C)Cc2ccccc2C(=O)Nc2nc3c(ncn3[C@@H]3O[C@H](CO)C[C@H]3OS(=O)(=O)NC[C@H]3O[C@@H](n4cnc5cncnc54)[C@H](F)[C@@H]3O[P+](=O)O)c(=O)[nH]2)cc1. The number of ketones is 1. The Morgan fingerprint density at radius 2 is 1.68 bits per heavy atom. The number of nitrogens with zero attached hydrogens (tertiary/aromatic N) is 8. The van der Waals surface area contributed by atoms with Crippen LogP contribution in [0.1, 0.15) is 93.9 Å². The molecule has 0 radical (unpaired) electrons. The fourth-order valence-electron chi connectivity index (χ4n) is 9.33. The Hall–Kier alpha value is -7.61. The highest BCUT2D eigenvalue weighted by Gasteiger charge is 2.52. The van der Waals surface area contributed by atoms with Crippen LogP contribution in [-0.4, -0.2) is 154 Å². The maximum Gasteiger partial charge on any atom is 0.695 e. The number of hydrogen-bond acceptors (Lipinski definition) is 21. The Bertz CT molecular complexity index is 3580. The van der Waals surface area contributed by atoms with E-state index in [1.54, 1.807) is 70.2 Å². The average Bonchev–Trinajstić information content (AvgIpc) is 4.37. The van der Waals surface area contributed by atoms with Gasteiger partial charge in [-0.1, -0.05) is 56.3 Å². The van der Waals surface area contributed by atoms with Gasteiger partial charge in [0, 0.05) is 43.1 Å². The van der Waals surface area contributed by atoms with Crippen LogP contribution in [0.2, 0.25) is 0 Å². The number of carbonyl (C=O) groups is 5. The molecule has 0 aliphatic carbocycles. The highest BCUT2D eigenvalue weighted by atomic mass is 32.2. The summed E-state index contributed by atoms with van der Waals surface area (Å²) in [6, 6.07) is 12.2. The predicted molar refractivity (Wildman–Crippen MR) is 292 cm³/mol. The second-order valence-corrected chi connectivity index (χ2v) is 23.4. The summed E-state index contributed by atoms with van der Waals surface area (Å²) in [5.74, 6) is -3.20. The number of alkyl halides is 1.